The van der Waals surface area contributed by atoms with Gasteiger partial charge < -0.3 is 9.47 Å². The lowest BCUT2D eigenvalue weighted by atomic mass is 9.81. The molecule has 1 saturated carbocycles. The molecule has 2 rings (SSSR count). The van der Waals surface area contributed by atoms with Crippen LogP contribution < -0.4 is 4.72 Å². The Balaban J connectivity index is 2.48. The van der Waals surface area contributed by atoms with Gasteiger partial charge in [-0.2, -0.15) is 0 Å². The first-order valence-electron chi connectivity index (χ1n) is 8.63. The molecule has 27 heavy (non-hydrogen) atoms. The monoisotopic (exact) mass is 399 g/mol. The van der Waals surface area contributed by atoms with Gasteiger partial charge in [-0.3, -0.25) is 14.3 Å². The number of nitrogens with zero attached hydrogens (tertiary/aromatic N) is 2. The molecule has 1 aromatic rings. The van der Waals surface area contributed by atoms with Gasteiger partial charge in [-0.1, -0.05) is 6.92 Å². The van der Waals surface area contributed by atoms with E-state index in [0.717, 1.165) is 7.11 Å². The maximum absolute atomic E-state index is 12.9. The number of esters is 2. The third-order valence-electron chi connectivity index (χ3n) is 4.10. The van der Waals surface area contributed by atoms with E-state index in [2.05, 4.69) is 14.7 Å². The summed E-state index contributed by atoms with van der Waals surface area (Å²) in [4.78, 5) is 33.5. The van der Waals surface area contributed by atoms with Crippen LogP contribution in [0.1, 0.15) is 52.7 Å². The summed E-state index contributed by atoms with van der Waals surface area (Å²) in [5, 5.41) is -0.466. The number of carbonyl (C=O) groups excluding carboxylic acids is 2. The third kappa shape index (κ3) is 4.55. The zero-order chi connectivity index (χ0) is 20.5. The highest BCUT2D eigenvalue weighted by molar-refractivity contribution is 7.93. The lowest BCUT2D eigenvalue weighted by molar-refractivity contribution is -0.171. The van der Waals surface area contributed by atoms with E-state index in [0.29, 0.717) is 12.8 Å². The Hall–Kier alpha value is -2.23. The van der Waals surface area contributed by atoms with E-state index in [-0.39, 0.29) is 18.1 Å². The molecule has 1 fully saturated rings. The number of nitrogens with one attached hydrogen (secondary N) is 1. The zero-order valence-electron chi connectivity index (χ0n) is 16.1. The molecular formula is C17H25N3O6S. The number of hydrogen-bond acceptors (Lipinski definition) is 8. The van der Waals surface area contributed by atoms with Gasteiger partial charge in [0.05, 0.1) is 18.1 Å². The quantitative estimate of drug-likeness (QED) is 0.541. The van der Waals surface area contributed by atoms with Crippen molar-refractivity contribution in [2.45, 2.75) is 63.2 Å². The van der Waals surface area contributed by atoms with Crippen LogP contribution in [0.25, 0.3) is 0 Å². The average molecular weight is 399 g/mol. The Morgan fingerprint density at radius 3 is 2.37 bits per heavy atom. The second kappa shape index (κ2) is 7.41. The van der Waals surface area contributed by atoms with E-state index >= 15 is 0 Å². The van der Waals surface area contributed by atoms with Crippen LogP contribution >= 0.6 is 0 Å². The Kier molecular flexibility index (Phi) is 5.79. The van der Waals surface area contributed by atoms with Crippen molar-refractivity contribution in [2.75, 3.05) is 11.8 Å². The molecule has 0 aliphatic heterocycles. The number of sulfonamides is 1. The minimum Gasteiger partial charge on any atom is -0.468 e. The fourth-order valence-electron chi connectivity index (χ4n) is 2.54. The molecule has 150 valence electrons. The number of anilines is 1. The molecule has 1 atom stereocenters. The molecule has 10 heteroatoms. The van der Waals surface area contributed by atoms with Crippen LogP contribution in [0.3, 0.4) is 0 Å². The van der Waals surface area contributed by atoms with Crippen molar-refractivity contribution in [3.05, 3.63) is 18.0 Å². The summed E-state index contributed by atoms with van der Waals surface area (Å²) >= 11 is 0. The second-order valence-corrected chi connectivity index (χ2v) is 9.33. The number of aromatic nitrogens is 2. The predicted octanol–water partition coefficient (Wildman–Crippen LogP) is 1.54. The average Bonchev–Trinajstić information content (AvgIpc) is 3.39. The number of carbonyl (C=O) groups is 2. The predicted molar refractivity (Wildman–Crippen MR) is 97.4 cm³/mol. The molecule has 1 aromatic heterocycles. The molecule has 1 aliphatic carbocycles. The molecule has 0 bridgehead atoms. The summed E-state index contributed by atoms with van der Waals surface area (Å²) < 4.78 is 36.8. The zero-order valence-corrected chi connectivity index (χ0v) is 16.9. The lowest BCUT2D eigenvalue weighted by Gasteiger charge is -2.31. The van der Waals surface area contributed by atoms with E-state index in [1.54, 1.807) is 27.7 Å². The molecule has 0 spiro atoms. The van der Waals surface area contributed by atoms with Crippen LogP contribution in [-0.4, -0.2) is 48.3 Å². The van der Waals surface area contributed by atoms with Crippen molar-refractivity contribution in [1.82, 2.24) is 9.97 Å². The summed E-state index contributed by atoms with van der Waals surface area (Å²) in [6, 6.07) is 1.37. The topological polar surface area (TPSA) is 125 Å². The first-order chi connectivity index (χ1) is 12.5. The second-order valence-electron chi connectivity index (χ2n) is 7.36. The highest BCUT2D eigenvalue weighted by Crippen LogP contribution is 2.33. The maximum atomic E-state index is 12.9. The highest BCUT2D eigenvalue weighted by atomic mass is 32.2. The van der Waals surface area contributed by atoms with E-state index in [1.807, 2.05) is 0 Å². The summed E-state index contributed by atoms with van der Waals surface area (Å²) in [6.45, 7) is 6.66. The molecule has 0 amide bonds. The molecule has 0 aromatic carbocycles. The van der Waals surface area contributed by atoms with Gasteiger partial charge in [0, 0.05) is 6.20 Å². The molecular weight excluding hydrogens is 374 g/mol. The summed E-state index contributed by atoms with van der Waals surface area (Å²) in [5.41, 5.74) is -2.66. The van der Waals surface area contributed by atoms with Crippen molar-refractivity contribution in [2.24, 2.45) is 0 Å². The van der Waals surface area contributed by atoms with Crippen molar-refractivity contribution < 1.29 is 27.5 Å². The van der Waals surface area contributed by atoms with Gasteiger partial charge in [0.15, 0.2) is 0 Å². The minimum absolute atomic E-state index is 0.00889. The molecule has 1 heterocycles. The van der Waals surface area contributed by atoms with Gasteiger partial charge in [-0.15, -0.1) is 0 Å². The fraction of sp³-hybridized carbons (Fsp3) is 0.647. The molecule has 0 radical (unpaired) electrons. The number of ether oxygens (including phenoxy) is 2. The van der Waals surface area contributed by atoms with Crippen LogP contribution in [-0.2, 0) is 34.5 Å². The van der Waals surface area contributed by atoms with Crippen molar-refractivity contribution in [3.8, 4) is 0 Å². The summed E-state index contributed by atoms with van der Waals surface area (Å²) in [7, 11) is -2.43. The van der Waals surface area contributed by atoms with Crippen molar-refractivity contribution in [1.29, 1.82) is 0 Å². The first-order valence-corrected chi connectivity index (χ1v) is 10.2. The smallest absolute Gasteiger partial charge is 0.330 e. The molecule has 9 nitrogen and oxygen atoms in total. The summed E-state index contributed by atoms with van der Waals surface area (Å²) in [6.07, 6.45) is 2.45. The Labute approximate surface area is 158 Å². The maximum Gasteiger partial charge on any atom is 0.330 e. The Morgan fingerprint density at radius 1 is 1.26 bits per heavy atom. The normalized spacial score (nSPS) is 16.9. The van der Waals surface area contributed by atoms with Crippen molar-refractivity contribution in [3.63, 3.8) is 0 Å². The van der Waals surface area contributed by atoms with Gasteiger partial charge in [-0.25, -0.2) is 18.4 Å². The van der Waals surface area contributed by atoms with E-state index in [1.165, 1.54) is 12.3 Å². The van der Waals surface area contributed by atoms with Gasteiger partial charge in [0.25, 0.3) is 0 Å². The Morgan fingerprint density at radius 2 is 1.89 bits per heavy atom. The largest absolute Gasteiger partial charge is 0.468 e. The first kappa shape index (κ1) is 21.1. The molecule has 0 saturated heterocycles. The molecule has 1 unspecified atom stereocenters. The van der Waals surface area contributed by atoms with Crippen molar-refractivity contribution >= 4 is 27.9 Å². The summed E-state index contributed by atoms with van der Waals surface area (Å²) in [5.74, 6) is -1.86. The fourth-order valence-corrected chi connectivity index (χ4v) is 3.81. The highest BCUT2D eigenvalue weighted by Gasteiger charge is 2.51. The van der Waals surface area contributed by atoms with Gasteiger partial charge in [-0.05, 0) is 46.1 Å². The standard InChI is InChI=1S/C17H25N3O6S/c1-6-17(13(21)25-5,14(22)26-16(2,3)4)12-9-10-18-15(19-12)20-27(23,24)11-7-8-11/h9-11H,6-8H2,1-5H3,(H,18,19,20). The number of rotatable bonds is 7. The van der Waals surface area contributed by atoms with Gasteiger partial charge in [0.1, 0.15) is 5.60 Å². The van der Waals surface area contributed by atoms with Crippen LogP contribution in [0.15, 0.2) is 12.3 Å². The van der Waals surface area contributed by atoms with Gasteiger partial charge >= 0.3 is 11.9 Å². The molecule has 1 N–H and O–H groups in total. The van der Waals surface area contributed by atoms with Crippen LogP contribution in [0.5, 0.6) is 0 Å². The van der Waals surface area contributed by atoms with Crippen LogP contribution in [0, 0.1) is 0 Å². The van der Waals surface area contributed by atoms with E-state index in [4.69, 9.17) is 9.47 Å². The number of hydrogen-bond donors (Lipinski definition) is 1. The van der Waals surface area contributed by atoms with Crippen LogP contribution in [0.2, 0.25) is 0 Å². The minimum atomic E-state index is -3.59. The van der Waals surface area contributed by atoms with Gasteiger partial charge in [0.2, 0.25) is 21.4 Å². The third-order valence-corrected chi connectivity index (χ3v) is 5.92. The molecule has 1 aliphatic rings. The Bertz CT molecular complexity index is 829. The van der Waals surface area contributed by atoms with E-state index < -0.39 is 38.2 Å². The SMILES string of the molecule is CCC(C(=O)OC)(C(=O)OC(C)(C)C)c1ccnc(NS(=O)(=O)C2CC2)n1. The lowest BCUT2D eigenvalue weighted by Crippen LogP contribution is -2.48. The van der Waals surface area contributed by atoms with E-state index in [9.17, 15) is 18.0 Å². The number of methoxy groups -OCH3 is 1. The van der Waals surface area contributed by atoms with Crippen LogP contribution in [0.4, 0.5) is 5.95 Å².